The number of nitrogens with one attached hydrogen (secondary N) is 1. The van der Waals surface area contributed by atoms with Gasteiger partial charge < -0.3 is 9.64 Å². The Labute approximate surface area is 165 Å². The van der Waals surface area contributed by atoms with Crippen LogP contribution in [0.1, 0.15) is 23.4 Å². The molecule has 0 saturated carbocycles. The van der Waals surface area contributed by atoms with E-state index in [4.69, 9.17) is 4.74 Å². The topological polar surface area (TPSA) is 95.6 Å². The Balaban J connectivity index is 1.56. The summed E-state index contributed by atoms with van der Waals surface area (Å²) < 4.78 is 32.9. The molecule has 0 radical (unpaired) electrons. The molecule has 2 heterocycles. The molecule has 152 valence electrons. The highest BCUT2D eigenvalue weighted by Crippen LogP contribution is 2.22. The van der Waals surface area contributed by atoms with Crippen molar-refractivity contribution in [3.05, 3.63) is 47.3 Å². The molecule has 1 aliphatic rings. The van der Waals surface area contributed by atoms with E-state index in [1.807, 2.05) is 30.3 Å². The Morgan fingerprint density at radius 2 is 1.89 bits per heavy atom. The zero-order chi connectivity index (χ0) is 20.1. The Morgan fingerprint density at radius 1 is 1.14 bits per heavy atom. The highest BCUT2D eigenvalue weighted by Gasteiger charge is 2.31. The van der Waals surface area contributed by atoms with Crippen LogP contribution in [0.15, 0.2) is 35.2 Å². The molecular weight excluding hydrogens is 380 g/mol. The minimum absolute atomic E-state index is 0.0123. The lowest BCUT2D eigenvalue weighted by Gasteiger charge is -2.22. The molecule has 0 bridgehead atoms. The predicted octanol–water partition coefficient (Wildman–Crippen LogP) is 1.47. The van der Waals surface area contributed by atoms with Crippen molar-refractivity contribution in [3.8, 4) is 0 Å². The second-order valence-corrected chi connectivity index (χ2v) is 8.75. The van der Waals surface area contributed by atoms with Crippen LogP contribution in [0.3, 0.4) is 0 Å². The zero-order valence-electron chi connectivity index (χ0n) is 16.2. The van der Waals surface area contributed by atoms with Crippen LogP contribution in [0.25, 0.3) is 0 Å². The molecule has 1 aromatic heterocycles. The smallest absolute Gasteiger partial charge is 0.248 e. The van der Waals surface area contributed by atoms with Gasteiger partial charge in [-0.05, 0) is 25.8 Å². The average Bonchev–Trinajstić information content (AvgIpc) is 2.87. The molecule has 1 fully saturated rings. The van der Waals surface area contributed by atoms with Gasteiger partial charge in [-0.3, -0.25) is 9.89 Å². The number of aromatic amines is 1. The van der Waals surface area contributed by atoms with Crippen LogP contribution in [0, 0.1) is 13.8 Å². The number of rotatable bonds is 6. The van der Waals surface area contributed by atoms with Crippen LogP contribution in [0.2, 0.25) is 0 Å². The number of H-pyrrole nitrogens is 1. The second-order valence-electron chi connectivity index (χ2n) is 6.88. The quantitative estimate of drug-likeness (QED) is 0.784. The first-order chi connectivity index (χ1) is 13.4. The Kier molecular flexibility index (Phi) is 6.48. The lowest BCUT2D eigenvalue weighted by Crippen LogP contribution is -2.39. The van der Waals surface area contributed by atoms with Gasteiger partial charge in [-0.1, -0.05) is 30.3 Å². The summed E-state index contributed by atoms with van der Waals surface area (Å²) in [5.74, 6) is -0.120. The van der Waals surface area contributed by atoms with Gasteiger partial charge in [0.1, 0.15) is 11.5 Å². The number of carbonyl (C=O) groups is 1. The number of ether oxygens (including phenoxy) is 1. The van der Waals surface area contributed by atoms with Crippen molar-refractivity contribution in [1.82, 2.24) is 19.4 Å². The summed E-state index contributed by atoms with van der Waals surface area (Å²) in [4.78, 5) is 14.4. The van der Waals surface area contributed by atoms with Crippen molar-refractivity contribution in [2.45, 2.75) is 31.8 Å². The van der Waals surface area contributed by atoms with Crippen molar-refractivity contribution in [2.75, 3.05) is 32.8 Å². The zero-order valence-corrected chi connectivity index (χ0v) is 17.0. The number of aromatic nitrogens is 2. The number of nitrogens with zero attached hydrogens (tertiary/aromatic N) is 3. The van der Waals surface area contributed by atoms with Gasteiger partial charge in [0.05, 0.1) is 18.0 Å². The normalized spacial score (nSPS) is 16.1. The Hall–Kier alpha value is -2.23. The van der Waals surface area contributed by atoms with Gasteiger partial charge >= 0.3 is 0 Å². The van der Waals surface area contributed by atoms with Gasteiger partial charge in [-0.15, -0.1) is 0 Å². The molecule has 1 aromatic carbocycles. The summed E-state index contributed by atoms with van der Waals surface area (Å²) >= 11 is 0. The van der Waals surface area contributed by atoms with E-state index in [1.54, 1.807) is 18.7 Å². The maximum Gasteiger partial charge on any atom is 0.248 e. The van der Waals surface area contributed by atoms with Crippen LogP contribution >= 0.6 is 0 Å². The number of benzene rings is 1. The molecule has 28 heavy (non-hydrogen) atoms. The molecule has 1 aliphatic heterocycles. The van der Waals surface area contributed by atoms with Crippen LogP contribution in [0.5, 0.6) is 0 Å². The van der Waals surface area contributed by atoms with Crippen LogP contribution in [-0.4, -0.2) is 66.5 Å². The molecular formula is C19H26N4O4S. The minimum Gasteiger partial charge on any atom is -0.367 e. The number of aryl methyl sites for hydroxylation is 2. The molecule has 0 atom stereocenters. The lowest BCUT2D eigenvalue weighted by molar-refractivity contribution is -0.136. The third-order valence-corrected chi connectivity index (χ3v) is 6.97. The van der Waals surface area contributed by atoms with Crippen molar-refractivity contribution in [2.24, 2.45) is 0 Å². The SMILES string of the molecule is Cc1n[nH]c(C)c1S(=O)(=O)N1CCCN(C(=O)COCc2ccccc2)CC1. The third kappa shape index (κ3) is 4.60. The van der Waals surface area contributed by atoms with Gasteiger partial charge in [0.15, 0.2) is 0 Å². The largest absolute Gasteiger partial charge is 0.367 e. The number of amides is 1. The maximum atomic E-state index is 13.0. The fraction of sp³-hybridized carbons (Fsp3) is 0.474. The van der Waals surface area contributed by atoms with Crippen LogP contribution in [-0.2, 0) is 26.2 Å². The predicted molar refractivity (Wildman–Crippen MR) is 104 cm³/mol. The van der Waals surface area contributed by atoms with Crippen molar-refractivity contribution in [3.63, 3.8) is 0 Å². The lowest BCUT2D eigenvalue weighted by atomic mass is 10.2. The summed E-state index contributed by atoms with van der Waals surface area (Å²) in [6.07, 6.45) is 0.583. The first-order valence-corrected chi connectivity index (χ1v) is 10.7. The molecule has 0 aliphatic carbocycles. The van der Waals surface area contributed by atoms with E-state index in [1.165, 1.54) is 4.31 Å². The summed E-state index contributed by atoms with van der Waals surface area (Å²) in [6, 6.07) is 9.66. The summed E-state index contributed by atoms with van der Waals surface area (Å²) in [7, 11) is -3.64. The minimum atomic E-state index is -3.64. The fourth-order valence-corrected chi connectivity index (χ4v) is 5.16. The molecule has 9 heteroatoms. The number of sulfonamides is 1. The van der Waals surface area contributed by atoms with Gasteiger partial charge in [-0.25, -0.2) is 8.42 Å². The van der Waals surface area contributed by atoms with Gasteiger partial charge in [0.25, 0.3) is 0 Å². The van der Waals surface area contributed by atoms with E-state index < -0.39 is 10.0 Å². The average molecular weight is 407 g/mol. The Morgan fingerprint density at radius 3 is 2.57 bits per heavy atom. The molecule has 8 nitrogen and oxygen atoms in total. The van der Waals surface area contributed by atoms with Gasteiger partial charge in [0.2, 0.25) is 15.9 Å². The van der Waals surface area contributed by atoms with E-state index in [0.29, 0.717) is 44.0 Å². The molecule has 2 aromatic rings. The molecule has 1 N–H and O–H groups in total. The summed E-state index contributed by atoms with van der Waals surface area (Å²) in [6.45, 7) is 5.24. The van der Waals surface area contributed by atoms with Crippen molar-refractivity contribution in [1.29, 1.82) is 0 Å². The number of hydrogen-bond donors (Lipinski definition) is 1. The molecule has 0 spiro atoms. The molecule has 0 unspecified atom stereocenters. The molecule has 1 saturated heterocycles. The van der Waals surface area contributed by atoms with Crippen LogP contribution < -0.4 is 0 Å². The first kappa shape index (κ1) is 20.5. The first-order valence-electron chi connectivity index (χ1n) is 9.31. The van der Waals surface area contributed by atoms with E-state index in [-0.39, 0.29) is 24.0 Å². The Bertz CT molecular complexity index is 892. The molecule has 3 rings (SSSR count). The maximum absolute atomic E-state index is 13.0. The van der Waals surface area contributed by atoms with E-state index in [0.717, 1.165) is 5.56 Å². The summed E-state index contributed by atoms with van der Waals surface area (Å²) in [5, 5.41) is 6.72. The standard InChI is InChI=1S/C19H26N4O4S/c1-15-19(16(2)21-20-15)28(25,26)23-10-6-9-22(11-12-23)18(24)14-27-13-17-7-4-3-5-8-17/h3-5,7-8H,6,9-14H2,1-2H3,(H,20,21). The highest BCUT2D eigenvalue weighted by molar-refractivity contribution is 7.89. The van der Waals surface area contributed by atoms with E-state index in [9.17, 15) is 13.2 Å². The fourth-order valence-electron chi connectivity index (χ4n) is 3.36. The summed E-state index contributed by atoms with van der Waals surface area (Å²) in [5.41, 5.74) is 2.00. The van der Waals surface area contributed by atoms with Gasteiger partial charge in [-0.2, -0.15) is 9.40 Å². The van der Waals surface area contributed by atoms with Crippen LogP contribution in [0.4, 0.5) is 0 Å². The molecule has 1 amide bonds. The monoisotopic (exact) mass is 406 g/mol. The van der Waals surface area contributed by atoms with E-state index in [2.05, 4.69) is 10.2 Å². The third-order valence-electron chi connectivity index (χ3n) is 4.80. The highest BCUT2D eigenvalue weighted by atomic mass is 32.2. The van der Waals surface area contributed by atoms with E-state index >= 15 is 0 Å². The number of carbonyl (C=O) groups excluding carboxylic acids is 1. The van der Waals surface area contributed by atoms with Crippen molar-refractivity contribution < 1.29 is 17.9 Å². The van der Waals surface area contributed by atoms with Gasteiger partial charge in [0, 0.05) is 26.2 Å². The number of hydrogen-bond acceptors (Lipinski definition) is 5. The van der Waals surface area contributed by atoms with Crippen molar-refractivity contribution >= 4 is 15.9 Å². The second kappa shape index (κ2) is 8.85.